The Labute approximate surface area is 183 Å². The van der Waals surface area contributed by atoms with Crippen molar-refractivity contribution in [1.82, 2.24) is 16.0 Å². The third-order valence-corrected chi connectivity index (χ3v) is 3.94. The second kappa shape index (κ2) is 13.0. The van der Waals surface area contributed by atoms with E-state index in [1.165, 1.54) is 6.26 Å². The molecule has 7 nitrogen and oxygen atoms in total. The Balaban J connectivity index is 0.00000392. The van der Waals surface area contributed by atoms with E-state index in [0.29, 0.717) is 25.4 Å². The number of aliphatic imine (C=N–C) groups is 1. The van der Waals surface area contributed by atoms with Gasteiger partial charge in [-0.1, -0.05) is 18.2 Å². The highest BCUT2D eigenvalue weighted by Crippen LogP contribution is 2.17. The fraction of sp³-hybridized carbons (Fsp3) is 0.400. The summed E-state index contributed by atoms with van der Waals surface area (Å²) in [7, 11) is 1.66. The van der Waals surface area contributed by atoms with E-state index >= 15 is 0 Å². The Hall–Kier alpha value is -2.23. The first-order valence-corrected chi connectivity index (χ1v) is 9.12. The topological polar surface area (TPSA) is 87.9 Å². The number of carbonyl (C=O) groups excluding carboxylic acids is 1. The number of methoxy groups -OCH3 is 1. The van der Waals surface area contributed by atoms with Crippen molar-refractivity contribution in [2.24, 2.45) is 4.99 Å². The molecule has 3 N–H and O–H groups in total. The lowest BCUT2D eigenvalue weighted by molar-refractivity contribution is 0.0925. The monoisotopic (exact) mass is 500 g/mol. The van der Waals surface area contributed by atoms with Gasteiger partial charge in [0.05, 0.1) is 19.9 Å². The molecule has 154 valence electrons. The average Bonchev–Trinajstić information content (AvgIpc) is 3.11. The first-order valence-electron chi connectivity index (χ1n) is 9.12. The molecule has 0 unspecified atom stereocenters. The summed E-state index contributed by atoms with van der Waals surface area (Å²) in [5.74, 6) is 1.74. The zero-order valence-electron chi connectivity index (χ0n) is 16.6. The number of carbonyl (C=O) groups is 1. The van der Waals surface area contributed by atoms with Gasteiger partial charge in [-0.25, -0.2) is 4.99 Å². The molecular formula is C20H29IN4O3. The highest BCUT2D eigenvalue weighted by atomic mass is 127. The van der Waals surface area contributed by atoms with Crippen LogP contribution >= 0.6 is 24.0 Å². The number of halogens is 1. The summed E-state index contributed by atoms with van der Waals surface area (Å²) in [5.41, 5.74) is 1.86. The molecule has 8 heteroatoms. The van der Waals surface area contributed by atoms with Crippen molar-refractivity contribution in [2.75, 3.05) is 26.7 Å². The number of nitrogens with zero attached hydrogens (tertiary/aromatic N) is 1. The quantitative estimate of drug-likeness (QED) is 0.213. The van der Waals surface area contributed by atoms with E-state index in [9.17, 15) is 4.79 Å². The van der Waals surface area contributed by atoms with Gasteiger partial charge < -0.3 is 25.1 Å². The number of ether oxygens (including phenoxy) is 1. The molecule has 1 heterocycles. The second-order valence-corrected chi connectivity index (χ2v) is 5.98. The van der Waals surface area contributed by atoms with Crippen molar-refractivity contribution in [3.8, 4) is 5.75 Å². The fourth-order valence-electron chi connectivity index (χ4n) is 2.52. The molecule has 0 aliphatic heterocycles. The van der Waals surface area contributed by atoms with Crippen LogP contribution in [0.3, 0.4) is 0 Å². The molecule has 0 aliphatic carbocycles. The maximum absolute atomic E-state index is 12.0. The Kier molecular flexibility index (Phi) is 11.1. The van der Waals surface area contributed by atoms with Crippen LogP contribution in [0.1, 0.15) is 35.0 Å². The van der Waals surface area contributed by atoms with E-state index in [1.807, 2.05) is 38.1 Å². The molecule has 1 aromatic heterocycles. The number of guanidine groups is 1. The number of aryl methyl sites for hydroxylation is 1. The van der Waals surface area contributed by atoms with Crippen LogP contribution in [-0.4, -0.2) is 38.6 Å². The molecule has 0 saturated heterocycles. The number of hydrogen-bond donors (Lipinski definition) is 3. The van der Waals surface area contributed by atoms with Gasteiger partial charge in [-0.15, -0.1) is 24.0 Å². The first-order chi connectivity index (χ1) is 13.2. The molecule has 0 radical (unpaired) electrons. The summed E-state index contributed by atoms with van der Waals surface area (Å²) < 4.78 is 10.5. The smallest absolute Gasteiger partial charge is 0.287 e. The van der Waals surface area contributed by atoms with Crippen LogP contribution in [0.25, 0.3) is 0 Å². The molecule has 0 saturated carbocycles. The van der Waals surface area contributed by atoms with Crippen molar-refractivity contribution in [2.45, 2.75) is 26.8 Å². The van der Waals surface area contributed by atoms with Gasteiger partial charge in [0.15, 0.2) is 11.7 Å². The van der Waals surface area contributed by atoms with E-state index in [-0.39, 0.29) is 29.9 Å². The van der Waals surface area contributed by atoms with E-state index in [1.54, 1.807) is 13.2 Å². The van der Waals surface area contributed by atoms with Crippen molar-refractivity contribution in [3.63, 3.8) is 0 Å². The van der Waals surface area contributed by atoms with Gasteiger partial charge in [0, 0.05) is 30.8 Å². The van der Waals surface area contributed by atoms with Gasteiger partial charge in [-0.3, -0.25) is 4.79 Å². The standard InChI is InChI=1S/C20H28N4O3.HI/c1-4-21-20(24-14-16-8-5-6-9-17(16)26-3)23-12-7-11-22-19(25)18-15(2)10-13-27-18;/h5-6,8-10,13H,4,7,11-12,14H2,1-3H3,(H,22,25)(H2,21,23,24);1H. The maximum Gasteiger partial charge on any atom is 0.287 e. The summed E-state index contributed by atoms with van der Waals surface area (Å²) in [6.45, 7) is 6.40. The molecule has 2 aromatic rings. The lowest BCUT2D eigenvalue weighted by Gasteiger charge is -2.12. The molecule has 0 atom stereocenters. The molecule has 28 heavy (non-hydrogen) atoms. The predicted molar refractivity (Wildman–Crippen MR) is 122 cm³/mol. The van der Waals surface area contributed by atoms with Gasteiger partial charge in [-0.05, 0) is 32.4 Å². The average molecular weight is 500 g/mol. The van der Waals surface area contributed by atoms with Crippen LogP contribution in [0, 0.1) is 6.92 Å². The number of amides is 1. The summed E-state index contributed by atoms with van der Waals surface area (Å²) in [5, 5.41) is 9.34. The predicted octanol–water partition coefficient (Wildman–Crippen LogP) is 3.09. The molecule has 1 aromatic carbocycles. The maximum atomic E-state index is 12.0. The van der Waals surface area contributed by atoms with Crippen LogP contribution in [0.4, 0.5) is 0 Å². The molecule has 0 bridgehead atoms. The molecule has 0 fully saturated rings. The first kappa shape index (κ1) is 23.8. The van der Waals surface area contributed by atoms with Gasteiger partial charge in [0.1, 0.15) is 5.75 Å². The van der Waals surface area contributed by atoms with Gasteiger partial charge in [0.2, 0.25) is 0 Å². The SMILES string of the molecule is CCNC(=NCc1ccccc1OC)NCCCNC(=O)c1occc1C.I. The number of benzene rings is 1. The third kappa shape index (κ3) is 7.41. The van der Waals surface area contributed by atoms with Crippen LogP contribution in [-0.2, 0) is 6.54 Å². The number of rotatable bonds is 9. The minimum atomic E-state index is -0.186. The Bertz CT molecular complexity index is 761. The van der Waals surface area contributed by atoms with Crippen LogP contribution in [0.15, 0.2) is 46.0 Å². The summed E-state index contributed by atoms with van der Waals surface area (Å²) in [6, 6.07) is 9.61. The largest absolute Gasteiger partial charge is 0.496 e. The van der Waals surface area contributed by atoms with Crippen LogP contribution in [0.2, 0.25) is 0 Å². The number of furan rings is 1. The Morgan fingerprint density at radius 1 is 1.14 bits per heavy atom. The zero-order chi connectivity index (χ0) is 19.5. The fourth-order valence-corrected chi connectivity index (χ4v) is 2.52. The normalized spacial score (nSPS) is 10.8. The summed E-state index contributed by atoms with van der Waals surface area (Å²) >= 11 is 0. The highest BCUT2D eigenvalue weighted by molar-refractivity contribution is 14.0. The zero-order valence-corrected chi connectivity index (χ0v) is 18.9. The van der Waals surface area contributed by atoms with Crippen molar-refractivity contribution >= 4 is 35.8 Å². The van der Waals surface area contributed by atoms with Crippen LogP contribution in [0.5, 0.6) is 5.75 Å². The molecule has 0 aliphatic rings. The Morgan fingerprint density at radius 3 is 2.57 bits per heavy atom. The van der Waals surface area contributed by atoms with Gasteiger partial charge in [0.25, 0.3) is 5.91 Å². The third-order valence-electron chi connectivity index (χ3n) is 3.94. The van der Waals surface area contributed by atoms with Crippen molar-refractivity contribution in [1.29, 1.82) is 0 Å². The minimum Gasteiger partial charge on any atom is -0.496 e. The lowest BCUT2D eigenvalue weighted by atomic mass is 10.2. The van der Waals surface area contributed by atoms with Crippen molar-refractivity contribution in [3.05, 3.63) is 53.5 Å². The van der Waals surface area contributed by atoms with E-state index in [2.05, 4.69) is 20.9 Å². The van der Waals surface area contributed by atoms with Gasteiger partial charge >= 0.3 is 0 Å². The number of para-hydroxylation sites is 1. The molecule has 2 rings (SSSR count). The minimum absolute atomic E-state index is 0. The number of nitrogens with one attached hydrogen (secondary N) is 3. The van der Waals surface area contributed by atoms with E-state index < -0.39 is 0 Å². The number of hydrogen-bond acceptors (Lipinski definition) is 4. The summed E-state index contributed by atoms with van der Waals surface area (Å²) in [6.07, 6.45) is 2.29. The molecular weight excluding hydrogens is 471 g/mol. The molecule has 0 spiro atoms. The summed E-state index contributed by atoms with van der Waals surface area (Å²) in [4.78, 5) is 16.6. The molecule has 1 amide bonds. The second-order valence-electron chi connectivity index (χ2n) is 5.98. The van der Waals surface area contributed by atoms with Crippen LogP contribution < -0.4 is 20.7 Å². The lowest BCUT2D eigenvalue weighted by Crippen LogP contribution is -2.38. The highest BCUT2D eigenvalue weighted by Gasteiger charge is 2.11. The van der Waals surface area contributed by atoms with E-state index in [4.69, 9.17) is 9.15 Å². The Morgan fingerprint density at radius 2 is 1.89 bits per heavy atom. The van der Waals surface area contributed by atoms with E-state index in [0.717, 1.165) is 35.8 Å². The van der Waals surface area contributed by atoms with Gasteiger partial charge in [-0.2, -0.15) is 0 Å². The van der Waals surface area contributed by atoms with Crippen molar-refractivity contribution < 1.29 is 13.9 Å².